The van der Waals surface area contributed by atoms with Crippen LogP contribution in [0.2, 0.25) is 0 Å². The van der Waals surface area contributed by atoms with Crippen molar-refractivity contribution in [2.24, 2.45) is 11.3 Å². The highest BCUT2D eigenvalue weighted by atomic mass is 16.3. The van der Waals surface area contributed by atoms with E-state index in [0.29, 0.717) is 25.9 Å². The quantitative estimate of drug-likeness (QED) is 0.848. The molecule has 1 aromatic heterocycles. The highest BCUT2D eigenvalue weighted by Crippen LogP contribution is 2.34. The summed E-state index contributed by atoms with van der Waals surface area (Å²) in [5.41, 5.74) is 2.66. The lowest BCUT2D eigenvalue weighted by Gasteiger charge is -2.28. The number of aliphatic hydroxyl groups excluding tert-OH is 1. The summed E-state index contributed by atoms with van der Waals surface area (Å²) in [4.78, 5) is 31.0. The predicted molar refractivity (Wildman–Crippen MR) is 108 cm³/mol. The standard InChI is InChI=1S/C22H29N3O3/c1-22(2)12-18-20(19(27)13-22)25(15-23-18)14-16-6-4-8-17(9-5-7-16)21(28)24(3)10-11-26/h4-8,15,17,26H,9-14H2,1-3H3/b7-5-,8-4?,16-6+. The van der Waals surface area contributed by atoms with Gasteiger partial charge in [0.15, 0.2) is 5.78 Å². The number of allylic oxidation sites excluding steroid dienone is 5. The van der Waals surface area contributed by atoms with E-state index in [1.807, 2.05) is 34.9 Å². The van der Waals surface area contributed by atoms with Crippen LogP contribution in [0, 0.1) is 11.3 Å². The first kappa shape index (κ1) is 20.3. The number of fused-ring (bicyclic) bond motifs is 1. The van der Waals surface area contributed by atoms with Crippen LogP contribution in [0.1, 0.15) is 42.9 Å². The molecule has 1 N–H and O–H groups in total. The SMILES string of the molecule is CN(CCO)C(=O)C1C=C/C=C(Cn2cnc3c2C(=O)CC(C)(C)C3)\C=C/C1. The number of carbonyl (C=O) groups is 2. The molecule has 6 nitrogen and oxygen atoms in total. The second-order valence-electron chi connectivity index (χ2n) is 8.46. The average Bonchev–Trinajstić information content (AvgIpc) is 2.98. The van der Waals surface area contributed by atoms with Crippen molar-refractivity contribution in [1.82, 2.24) is 14.5 Å². The Morgan fingerprint density at radius 2 is 2.18 bits per heavy atom. The number of imidazole rings is 1. The minimum atomic E-state index is -0.226. The maximum Gasteiger partial charge on any atom is 0.229 e. The van der Waals surface area contributed by atoms with Gasteiger partial charge < -0.3 is 14.6 Å². The number of hydrogen-bond acceptors (Lipinski definition) is 4. The van der Waals surface area contributed by atoms with Gasteiger partial charge in [-0.25, -0.2) is 4.98 Å². The third-order valence-corrected chi connectivity index (χ3v) is 5.32. The van der Waals surface area contributed by atoms with Crippen LogP contribution in [0.3, 0.4) is 0 Å². The molecule has 1 atom stereocenters. The second-order valence-corrected chi connectivity index (χ2v) is 8.46. The smallest absolute Gasteiger partial charge is 0.229 e. The molecule has 28 heavy (non-hydrogen) atoms. The number of nitrogens with zero attached hydrogens (tertiary/aromatic N) is 3. The Hall–Kier alpha value is -2.47. The molecule has 6 heteroatoms. The van der Waals surface area contributed by atoms with Gasteiger partial charge in [-0.2, -0.15) is 0 Å². The topological polar surface area (TPSA) is 75.4 Å². The maximum absolute atomic E-state index is 12.6. The molecule has 1 amide bonds. The molecule has 0 aliphatic heterocycles. The Balaban J connectivity index is 1.73. The van der Waals surface area contributed by atoms with Crippen molar-refractivity contribution in [2.75, 3.05) is 20.2 Å². The van der Waals surface area contributed by atoms with Crippen LogP contribution in [0.4, 0.5) is 0 Å². The van der Waals surface area contributed by atoms with Gasteiger partial charge in [-0.15, -0.1) is 0 Å². The van der Waals surface area contributed by atoms with E-state index >= 15 is 0 Å². The summed E-state index contributed by atoms with van der Waals surface area (Å²) in [5.74, 6) is -0.0635. The molecular formula is C22H29N3O3. The molecule has 0 fully saturated rings. The lowest BCUT2D eigenvalue weighted by Crippen LogP contribution is -2.34. The van der Waals surface area contributed by atoms with E-state index in [0.717, 1.165) is 23.4 Å². The zero-order valence-electron chi connectivity index (χ0n) is 16.9. The summed E-state index contributed by atoms with van der Waals surface area (Å²) in [6, 6.07) is 0. The van der Waals surface area contributed by atoms with Gasteiger partial charge in [0, 0.05) is 26.6 Å². The van der Waals surface area contributed by atoms with Gasteiger partial charge in [0.05, 0.1) is 24.5 Å². The van der Waals surface area contributed by atoms with E-state index in [1.165, 1.54) is 0 Å². The van der Waals surface area contributed by atoms with Crippen molar-refractivity contribution >= 4 is 11.7 Å². The number of amides is 1. The number of carbonyl (C=O) groups excluding carboxylic acids is 2. The fourth-order valence-corrected chi connectivity index (χ4v) is 3.87. The molecule has 0 bridgehead atoms. The molecular weight excluding hydrogens is 354 g/mol. The maximum atomic E-state index is 12.6. The van der Waals surface area contributed by atoms with E-state index in [4.69, 9.17) is 5.11 Å². The fraction of sp³-hybridized carbons (Fsp3) is 0.500. The van der Waals surface area contributed by atoms with Crippen LogP contribution >= 0.6 is 0 Å². The highest BCUT2D eigenvalue weighted by molar-refractivity contribution is 5.97. The van der Waals surface area contributed by atoms with Gasteiger partial charge >= 0.3 is 0 Å². The highest BCUT2D eigenvalue weighted by Gasteiger charge is 2.34. The summed E-state index contributed by atoms with van der Waals surface area (Å²) >= 11 is 0. The normalized spacial score (nSPS) is 23.9. The minimum absolute atomic E-state index is 0.00342. The molecule has 1 unspecified atom stereocenters. The molecule has 0 aromatic carbocycles. The van der Waals surface area contributed by atoms with Gasteiger partial charge in [-0.3, -0.25) is 9.59 Å². The third kappa shape index (κ3) is 4.50. The number of likely N-dealkylation sites (N-methyl/N-ethyl adjacent to an activating group) is 1. The number of rotatable bonds is 5. The van der Waals surface area contributed by atoms with Crippen LogP contribution in [-0.4, -0.2) is 51.4 Å². The van der Waals surface area contributed by atoms with Crippen molar-refractivity contribution in [3.05, 3.63) is 53.7 Å². The molecule has 0 spiro atoms. The first-order chi connectivity index (χ1) is 13.3. The van der Waals surface area contributed by atoms with Crippen LogP contribution in [0.25, 0.3) is 0 Å². The summed E-state index contributed by atoms with van der Waals surface area (Å²) in [6.45, 7) is 5.09. The zero-order valence-corrected chi connectivity index (χ0v) is 16.9. The Kier molecular flexibility index (Phi) is 5.98. The van der Waals surface area contributed by atoms with E-state index in [9.17, 15) is 9.59 Å². The molecule has 0 radical (unpaired) electrons. The molecule has 1 aromatic rings. The number of aromatic nitrogens is 2. The zero-order chi connectivity index (χ0) is 20.3. The molecule has 150 valence electrons. The Morgan fingerprint density at radius 3 is 2.93 bits per heavy atom. The van der Waals surface area contributed by atoms with Crippen molar-refractivity contribution in [3.63, 3.8) is 0 Å². The molecule has 0 saturated heterocycles. The second kappa shape index (κ2) is 8.27. The first-order valence-corrected chi connectivity index (χ1v) is 9.77. The summed E-state index contributed by atoms with van der Waals surface area (Å²) in [6.07, 6.45) is 13.5. The van der Waals surface area contributed by atoms with Gasteiger partial charge in [0.1, 0.15) is 5.69 Å². The monoisotopic (exact) mass is 383 g/mol. The predicted octanol–water partition coefficient (Wildman–Crippen LogP) is 2.55. The minimum Gasteiger partial charge on any atom is -0.395 e. The number of hydrogen-bond donors (Lipinski definition) is 1. The summed E-state index contributed by atoms with van der Waals surface area (Å²) < 4.78 is 1.94. The number of Topliss-reactive ketones (excluding diaryl/α,β-unsaturated/α-hetero) is 1. The van der Waals surface area contributed by atoms with Crippen molar-refractivity contribution in [1.29, 1.82) is 0 Å². The van der Waals surface area contributed by atoms with Crippen LogP contribution in [0.5, 0.6) is 0 Å². The molecule has 1 heterocycles. The van der Waals surface area contributed by atoms with E-state index in [1.54, 1.807) is 18.3 Å². The van der Waals surface area contributed by atoms with E-state index in [2.05, 4.69) is 18.8 Å². The molecule has 0 saturated carbocycles. The van der Waals surface area contributed by atoms with Gasteiger partial charge in [0.2, 0.25) is 5.91 Å². The van der Waals surface area contributed by atoms with Crippen LogP contribution < -0.4 is 0 Å². The summed E-state index contributed by atoms with van der Waals surface area (Å²) in [5, 5.41) is 9.01. The summed E-state index contributed by atoms with van der Waals surface area (Å²) in [7, 11) is 1.70. The average molecular weight is 383 g/mol. The lowest BCUT2D eigenvalue weighted by molar-refractivity contribution is -0.133. The van der Waals surface area contributed by atoms with Gasteiger partial charge in [-0.05, 0) is 23.8 Å². The van der Waals surface area contributed by atoms with Crippen molar-refractivity contribution in [2.45, 2.75) is 39.7 Å². The first-order valence-electron chi connectivity index (χ1n) is 9.77. The van der Waals surface area contributed by atoms with E-state index < -0.39 is 0 Å². The molecule has 3 rings (SSSR count). The Morgan fingerprint density at radius 1 is 1.39 bits per heavy atom. The number of ketones is 1. The number of aliphatic hydroxyl groups is 1. The Bertz CT molecular complexity index is 845. The van der Waals surface area contributed by atoms with Crippen LogP contribution in [-0.2, 0) is 17.8 Å². The Labute approximate surface area is 166 Å². The van der Waals surface area contributed by atoms with Crippen molar-refractivity contribution < 1.29 is 14.7 Å². The fourth-order valence-electron chi connectivity index (χ4n) is 3.87. The lowest BCUT2D eigenvalue weighted by atomic mass is 9.77. The van der Waals surface area contributed by atoms with Crippen LogP contribution in [0.15, 0.2) is 42.3 Å². The van der Waals surface area contributed by atoms with E-state index in [-0.39, 0.29) is 29.6 Å². The largest absolute Gasteiger partial charge is 0.395 e. The molecule has 2 aliphatic carbocycles. The van der Waals surface area contributed by atoms with Gasteiger partial charge in [-0.1, -0.05) is 44.2 Å². The van der Waals surface area contributed by atoms with Gasteiger partial charge in [0.25, 0.3) is 0 Å². The van der Waals surface area contributed by atoms with Crippen molar-refractivity contribution in [3.8, 4) is 0 Å². The molecule has 2 aliphatic rings. The third-order valence-electron chi connectivity index (χ3n) is 5.32.